The van der Waals surface area contributed by atoms with Crippen LogP contribution in [0, 0.1) is 12.8 Å². The lowest BCUT2D eigenvalue weighted by atomic mass is 10.1. The Bertz CT molecular complexity index is 459. The summed E-state index contributed by atoms with van der Waals surface area (Å²) < 4.78 is 0. The highest BCUT2D eigenvalue weighted by Gasteiger charge is 2.33. The smallest absolute Gasteiger partial charge is 0.194 e. The van der Waals surface area contributed by atoms with Gasteiger partial charge in [-0.2, -0.15) is 0 Å². The predicted octanol–water partition coefficient (Wildman–Crippen LogP) is 3.42. The van der Waals surface area contributed by atoms with Crippen molar-refractivity contribution in [2.75, 3.05) is 13.6 Å². The summed E-state index contributed by atoms with van der Waals surface area (Å²) in [5.41, 5.74) is 2.70. The maximum atomic E-state index is 4.60. The molecular formula is C16H26IN3. The number of benzene rings is 1. The van der Waals surface area contributed by atoms with Crippen molar-refractivity contribution < 1.29 is 0 Å². The third kappa shape index (κ3) is 4.65. The molecule has 1 saturated carbocycles. The van der Waals surface area contributed by atoms with E-state index in [9.17, 15) is 0 Å². The van der Waals surface area contributed by atoms with Crippen LogP contribution in [0.2, 0.25) is 0 Å². The minimum atomic E-state index is 0. The highest BCUT2D eigenvalue weighted by atomic mass is 127. The number of hydrogen-bond donors (Lipinski definition) is 1. The van der Waals surface area contributed by atoms with Gasteiger partial charge in [0.05, 0.1) is 0 Å². The van der Waals surface area contributed by atoms with Gasteiger partial charge >= 0.3 is 0 Å². The molecule has 20 heavy (non-hydrogen) atoms. The van der Waals surface area contributed by atoms with Gasteiger partial charge in [0.25, 0.3) is 0 Å². The summed E-state index contributed by atoms with van der Waals surface area (Å²) in [4.78, 5) is 6.82. The molecule has 0 amide bonds. The first-order chi connectivity index (χ1) is 9.11. The molecule has 2 atom stereocenters. The largest absolute Gasteiger partial charge is 0.353 e. The van der Waals surface area contributed by atoms with E-state index < -0.39 is 0 Å². The maximum absolute atomic E-state index is 4.60. The third-order valence-electron chi connectivity index (χ3n) is 3.76. The van der Waals surface area contributed by atoms with Crippen LogP contribution in [0.15, 0.2) is 29.3 Å². The van der Waals surface area contributed by atoms with Crippen molar-refractivity contribution in [3.05, 3.63) is 35.4 Å². The van der Waals surface area contributed by atoms with Crippen molar-refractivity contribution in [2.24, 2.45) is 10.9 Å². The van der Waals surface area contributed by atoms with Crippen LogP contribution in [0.1, 0.15) is 31.4 Å². The number of aryl methyl sites for hydroxylation is 1. The first-order valence-corrected chi connectivity index (χ1v) is 7.18. The van der Waals surface area contributed by atoms with Crippen molar-refractivity contribution in [1.82, 2.24) is 10.2 Å². The fourth-order valence-electron chi connectivity index (χ4n) is 2.23. The van der Waals surface area contributed by atoms with E-state index >= 15 is 0 Å². The van der Waals surface area contributed by atoms with Gasteiger partial charge in [0.1, 0.15) is 0 Å². The summed E-state index contributed by atoms with van der Waals surface area (Å²) in [6, 6.07) is 9.16. The van der Waals surface area contributed by atoms with E-state index in [1.165, 1.54) is 17.5 Å². The molecule has 1 N–H and O–H groups in total. The second kappa shape index (κ2) is 7.86. The highest BCUT2D eigenvalue weighted by molar-refractivity contribution is 14.0. The molecule has 3 nitrogen and oxygen atoms in total. The molecular weight excluding hydrogens is 361 g/mol. The molecule has 2 unspecified atom stereocenters. The Morgan fingerprint density at radius 2 is 2.05 bits per heavy atom. The van der Waals surface area contributed by atoms with Crippen molar-refractivity contribution >= 4 is 29.9 Å². The fraction of sp³-hybridized carbons (Fsp3) is 0.562. The Morgan fingerprint density at radius 3 is 2.60 bits per heavy atom. The maximum Gasteiger partial charge on any atom is 0.194 e. The number of aliphatic imine (C=N–C) groups is 1. The molecule has 0 aliphatic heterocycles. The Morgan fingerprint density at radius 1 is 1.40 bits per heavy atom. The zero-order chi connectivity index (χ0) is 13.8. The molecule has 2 rings (SSSR count). The Labute approximate surface area is 139 Å². The van der Waals surface area contributed by atoms with Crippen LogP contribution >= 0.6 is 24.0 Å². The van der Waals surface area contributed by atoms with Gasteiger partial charge < -0.3 is 10.2 Å². The molecule has 112 valence electrons. The van der Waals surface area contributed by atoms with Gasteiger partial charge in [-0.1, -0.05) is 31.2 Å². The lowest BCUT2D eigenvalue weighted by Crippen LogP contribution is -2.40. The van der Waals surface area contributed by atoms with E-state index in [1.807, 2.05) is 0 Å². The Balaban J connectivity index is 0.00000200. The van der Waals surface area contributed by atoms with Gasteiger partial charge in [-0.15, -0.1) is 24.0 Å². The van der Waals surface area contributed by atoms with E-state index in [1.54, 1.807) is 0 Å². The topological polar surface area (TPSA) is 27.6 Å². The molecule has 1 aliphatic carbocycles. The zero-order valence-electron chi connectivity index (χ0n) is 12.9. The van der Waals surface area contributed by atoms with Crippen LogP contribution in [0.4, 0.5) is 0 Å². The van der Waals surface area contributed by atoms with Crippen LogP contribution in [-0.2, 0) is 6.54 Å². The van der Waals surface area contributed by atoms with E-state index in [2.05, 4.69) is 67.3 Å². The first-order valence-electron chi connectivity index (χ1n) is 7.18. The molecule has 0 heterocycles. The van der Waals surface area contributed by atoms with E-state index in [4.69, 9.17) is 0 Å². The molecule has 0 aromatic heterocycles. The molecule has 4 heteroatoms. The Hall–Kier alpha value is -0.780. The monoisotopic (exact) mass is 387 g/mol. The summed E-state index contributed by atoms with van der Waals surface area (Å²) in [7, 11) is 2.11. The third-order valence-corrected chi connectivity index (χ3v) is 3.76. The molecule has 0 spiro atoms. The summed E-state index contributed by atoms with van der Waals surface area (Å²) in [6.45, 7) is 8.25. The van der Waals surface area contributed by atoms with E-state index in [0.29, 0.717) is 6.04 Å². The van der Waals surface area contributed by atoms with Crippen molar-refractivity contribution in [3.63, 3.8) is 0 Å². The lowest BCUT2D eigenvalue weighted by molar-refractivity contribution is 0.472. The standard InChI is InChI=1S/C16H25N3.HI/c1-5-17-16(18-15-10-13(15)3)19(4)11-14-9-7-6-8-12(14)2;/h6-9,13,15H,5,10-11H2,1-4H3,(H,17,18);1H. The van der Waals surface area contributed by atoms with E-state index in [0.717, 1.165) is 25.0 Å². The molecule has 1 aromatic rings. The van der Waals surface area contributed by atoms with Gasteiger partial charge in [-0.3, -0.25) is 4.99 Å². The average molecular weight is 387 g/mol. The molecule has 1 fully saturated rings. The fourth-order valence-corrected chi connectivity index (χ4v) is 2.23. The summed E-state index contributed by atoms with van der Waals surface area (Å²) in [5, 5.41) is 3.56. The Kier molecular flexibility index (Phi) is 6.79. The minimum Gasteiger partial charge on any atom is -0.353 e. The number of guanidine groups is 1. The summed E-state index contributed by atoms with van der Waals surface area (Å²) in [5.74, 6) is 1.81. The van der Waals surface area contributed by atoms with Crippen LogP contribution in [-0.4, -0.2) is 30.5 Å². The highest BCUT2D eigenvalue weighted by Crippen LogP contribution is 2.29. The number of nitrogens with zero attached hydrogens (tertiary/aromatic N) is 2. The number of halogens is 1. The van der Waals surface area contributed by atoms with Gasteiger partial charge in [-0.05, 0) is 37.3 Å². The average Bonchev–Trinajstić information content (AvgIpc) is 3.07. The minimum absolute atomic E-state index is 0. The van der Waals surface area contributed by atoms with Crippen molar-refractivity contribution in [1.29, 1.82) is 0 Å². The normalized spacial score (nSPS) is 21.1. The summed E-state index contributed by atoms with van der Waals surface area (Å²) in [6.07, 6.45) is 1.26. The van der Waals surface area contributed by atoms with Crippen LogP contribution < -0.4 is 5.32 Å². The quantitative estimate of drug-likeness (QED) is 0.487. The molecule has 0 bridgehead atoms. The van der Waals surface area contributed by atoms with Gasteiger partial charge in [0, 0.05) is 26.2 Å². The van der Waals surface area contributed by atoms with E-state index in [-0.39, 0.29) is 24.0 Å². The van der Waals surface area contributed by atoms with Gasteiger partial charge in [-0.25, -0.2) is 0 Å². The second-order valence-corrected chi connectivity index (χ2v) is 5.54. The molecule has 0 radical (unpaired) electrons. The SMILES string of the molecule is CCN=C(NC1CC1C)N(C)Cc1ccccc1C.I. The molecule has 1 aliphatic rings. The zero-order valence-corrected chi connectivity index (χ0v) is 15.2. The van der Waals surface area contributed by atoms with Crippen LogP contribution in [0.25, 0.3) is 0 Å². The number of nitrogens with one attached hydrogen (secondary N) is 1. The van der Waals surface area contributed by atoms with Gasteiger partial charge in [0.15, 0.2) is 5.96 Å². The second-order valence-electron chi connectivity index (χ2n) is 5.54. The number of hydrogen-bond acceptors (Lipinski definition) is 1. The molecule has 0 saturated heterocycles. The molecule has 1 aromatic carbocycles. The predicted molar refractivity (Wildman–Crippen MR) is 96.7 cm³/mol. The number of rotatable bonds is 4. The van der Waals surface area contributed by atoms with Crippen molar-refractivity contribution in [2.45, 2.75) is 39.8 Å². The summed E-state index contributed by atoms with van der Waals surface area (Å²) >= 11 is 0. The first kappa shape index (κ1) is 17.3. The van der Waals surface area contributed by atoms with Crippen LogP contribution in [0.3, 0.4) is 0 Å². The van der Waals surface area contributed by atoms with Crippen LogP contribution in [0.5, 0.6) is 0 Å². The van der Waals surface area contributed by atoms with Crippen molar-refractivity contribution in [3.8, 4) is 0 Å². The van der Waals surface area contributed by atoms with Gasteiger partial charge in [0.2, 0.25) is 0 Å². The lowest BCUT2D eigenvalue weighted by Gasteiger charge is -2.23.